The Labute approximate surface area is 482 Å². The Morgan fingerprint density at radius 1 is 0.438 bits per heavy atom. The van der Waals surface area contributed by atoms with Gasteiger partial charge in [-0.3, -0.25) is 24.1 Å². The third-order valence-corrected chi connectivity index (χ3v) is 15.5. The maximum atomic E-state index is 13.9. The first-order valence-electron chi connectivity index (χ1n) is 32.1. The quantitative estimate of drug-likeness (QED) is 0.0330. The van der Waals surface area contributed by atoms with Gasteiger partial charge in [0, 0.05) is 53.5 Å². The highest BCUT2D eigenvalue weighted by molar-refractivity contribution is 6.26. The molecule has 0 atom stereocenters. The lowest BCUT2D eigenvalue weighted by molar-refractivity contribution is -0.121. The highest BCUT2D eigenvalue weighted by atomic mass is 16.5. The van der Waals surface area contributed by atoms with Crippen molar-refractivity contribution in [2.24, 2.45) is 0 Å². The zero-order valence-corrected chi connectivity index (χ0v) is 49.9. The van der Waals surface area contributed by atoms with E-state index in [0.717, 1.165) is 38.5 Å². The van der Waals surface area contributed by atoms with Crippen molar-refractivity contribution in [3.63, 3.8) is 0 Å². The average Bonchev–Trinajstić information content (AvgIpc) is 3.54. The molecule has 2 N–H and O–H groups in total. The topological polar surface area (TPSA) is 133 Å². The maximum Gasteiger partial charge on any atom is 0.261 e. The highest BCUT2D eigenvalue weighted by Crippen LogP contribution is 2.40. The molecule has 0 saturated heterocycles. The Hall–Kier alpha value is -5.58. The van der Waals surface area contributed by atoms with E-state index in [-0.39, 0.29) is 43.3 Å². The third-order valence-electron chi connectivity index (χ3n) is 15.5. The van der Waals surface area contributed by atoms with E-state index < -0.39 is 0 Å². The first-order valence-corrected chi connectivity index (χ1v) is 32.1. The van der Waals surface area contributed by atoms with Gasteiger partial charge in [0.05, 0.1) is 19.8 Å². The molecule has 0 aromatic heterocycles. The summed E-state index contributed by atoms with van der Waals surface area (Å²) in [5.41, 5.74) is 1.39. The predicted octanol–water partition coefficient (Wildman–Crippen LogP) is 18.2. The number of para-hydroxylation sites is 1. The number of carbonyl (C=O) groups excluding carboxylic acids is 4. The normalized spacial score (nSPS) is 12.1. The van der Waals surface area contributed by atoms with E-state index in [4.69, 9.17) is 18.9 Å². The molecule has 4 aromatic rings. The second-order valence-corrected chi connectivity index (χ2v) is 22.3. The van der Waals surface area contributed by atoms with Crippen molar-refractivity contribution in [1.82, 2.24) is 15.5 Å². The van der Waals surface area contributed by atoms with Crippen molar-refractivity contribution in [2.45, 2.75) is 239 Å². The Balaban J connectivity index is 1.11. The standard InChI is InChI=1S/C69H103N3O8/c1-4-7-10-13-16-19-22-25-28-37-51-77-62-54-56(55-63(78-52-38-29-26-23-20-17-14-11-8-5-2)66(62)79-53-39-30-27-24-21-18-15-12-9-6-3)67(74)71-49-48-70-64(73)45-35-32-36-50-72-68(75)59-44-40-43-58-61(80-57-41-33-31-34-42-57)47-46-60(65(58)59)69(72)76/h31,33-34,40-44,46-47,54-55H,4-30,32,35-39,45,48-53H2,1-3H3,(H,70,73)(H,71,74). The number of nitrogens with one attached hydrogen (secondary N) is 2. The number of unbranched alkanes of at least 4 members (excludes halogenated alkanes) is 29. The van der Waals surface area contributed by atoms with Crippen LogP contribution in [-0.2, 0) is 4.79 Å². The SMILES string of the molecule is CCCCCCCCCCCCOc1cc(C(=O)NCCNC(=O)CCCCCN2C(=O)c3cccc4c(Oc5ccccc5)ccc(c34)C2=O)cc(OCCCCCCCCCCCC)c1OCCCCCCCCCCCC. The summed E-state index contributed by atoms with van der Waals surface area (Å²) >= 11 is 0. The van der Waals surface area contributed by atoms with E-state index in [0.29, 0.717) is 102 Å². The second kappa shape index (κ2) is 40.6. The molecule has 4 amide bonds. The van der Waals surface area contributed by atoms with E-state index in [2.05, 4.69) is 31.4 Å². The molecular weight excluding hydrogens is 999 g/mol. The summed E-state index contributed by atoms with van der Waals surface area (Å²) in [5, 5.41) is 7.28. The van der Waals surface area contributed by atoms with Gasteiger partial charge in [-0.2, -0.15) is 0 Å². The fourth-order valence-corrected chi connectivity index (χ4v) is 10.7. The van der Waals surface area contributed by atoms with Gasteiger partial charge in [0.25, 0.3) is 17.7 Å². The molecule has 0 unspecified atom stereocenters. The zero-order chi connectivity index (χ0) is 56.7. The van der Waals surface area contributed by atoms with Crippen LogP contribution < -0.4 is 29.6 Å². The van der Waals surface area contributed by atoms with Gasteiger partial charge < -0.3 is 29.6 Å². The minimum absolute atomic E-state index is 0.118. The maximum absolute atomic E-state index is 13.9. The van der Waals surface area contributed by atoms with E-state index in [1.807, 2.05) is 42.5 Å². The van der Waals surface area contributed by atoms with Crippen molar-refractivity contribution in [3.05, 3.63) is 89.5 Å². The molecule has 442 valence electrons. The lowest BCUT2D eigenvalue weighted by atomic mass is 9.93. The third kappa shape index (κ3) is 24.3. The number of hydrogen-bond acceptors (Lipinski definition) is 8. The molecule has 0 bridgehead atoms. The molecule has 1 aliphatic rings. The molecular formula is C69H103N3O8. The summed E-state index contributed by atoms with van der Waals surface area (Å²) in [6, 6.07) is 22.0. The summed E-state index contributed by atoms with van der Waals surface area (Å²) in [5.74, 6) is 1.90. The molecule has 0 fully saturated rings. The van der Waals surface area contributed by atoms with Crippen molar-refractivity contribution in [2.75, 3.05) is 39.5 Å². The molecule has 11 nitrogen and oxygen atoms in total. The van der Waals surface area contributed by atoms with Gasteiger partial charge >= 0.3 is 0 Å². The van der Waals surface area contributed by atoms with E-state index in [9.17, 15) is 19.2 Å². The molecule has 1 aliphatic heterocycles. The van der Waals surface area contributed by atoms with Crippen LogP contribution in [0.3, 0.4) is 0 Å². The van der Waals surface area contributed by atoms with Gasteiger partial charge in [0.1, 0.15) is 11.5 Å². The first kappa shape index (κ1) is 65.2. The fourth-order valence-electron chi connectivity index (χ4n) is 10.7. The molecule has 0 radical (unpaired) electrons. The molecule has 11 heteroatoms. The van der Waals surface area contributed by atoms with Crippen LogP contribution in [0, 0.1) is 0 Å². The van der Waals surface area contributed by atoms with Crippen LogP contribution in [0.5, 0.6) is 28.7 Å². The number of ether oxygens (including phenoxy) is 4. The summed E-state index contributed by atoms with van der Waals surface area (Å²) in [4.78, 5) is 55.5. The van der Waals surface area contributed by atoms with Crippen LogP contribution in [-0.4, -0.2) is 68.0 Å². The number of imide groups is 1. The first-order chi connectivity index (χ1) is 39.4. The Morgan fingerprint density at radius 2 is 0.887 bits per heavy atom. The Morgan fingerprint density at radius 3 is 1.40 bits per heavy atom. The fraction of sp³-hybridized carbons (Fsp3) is 0.623. The van der Waals surface area contributed by atoms with Crippen molar-refractivity contribution >= 4 is 34.4 Å². The largest absolute Gasteiger partial charge is 0.490 e. The molecule has 4 aromatic carbocycles. The van der Waals surface area contributed by atoms with Gasteiger partial charge in [-0.05, 0) is 74.6 Å². The number of hydrogen-bond donors (Lipinski definition) is 2. The minimum Gasteiger partial charge on any atom is -0.490 e. The summed E-state index contributed by atoms with van der Waals surface area (Å²) in [6.45, 7) is 9.20. The Bertz CT molecular complexity index is 2300. The van der Waals surface area contributed by atoms with Gasteiger partial charge in [0.15, 0.2) is 11.5 Å². The lowest BCUT2D eigenvalue weighted by Gasteiger charge is -2.27. The van der Waals surface area contributed by atoms with Crippen LogP contribution in [0.1, 0.15) is 270 Å². The lowest BCUT2D eigenvalue weighted by Crippen LogP contribution is -2.40. The van der Waals surface area contributed by atoms with Gasteiger partial charge in [-0.15, -0.1) is 0 Å². The molecule has 80 heavy (non-hydrogen) atoms. The molecule has 5 rings (SSSR count). The van der Waals surface area contributed by atoms with Crippen LogP contribution in [0.2, 0.25) is 0 Å². The molecule has 0 aliphatic carbocycles. The van der Waals surface area contributed by atoms with Crippen LogP contribution in [0.15, 0.2) is 72.8 Å². The average molecular weight is 1100 g/mol. The van der Waals surface area contributed by atoms with Crippen LogP contribution >= 0.6 is 0 Å². The molecule has 0 spiro atoms. The van der Waals surface area contributed by atoms with E-state index in [1.54, 1.807) is 30.3 Å². The van der Waals surface area contributed by atoms with E-state index in [1.165, 1.54) is 159 Å². The number of rotatable bonds is 48. The van der Waals surface area contributed by atoms with Crippen molar-refractivity contribution in [3.8, 4) is 28.7 Å². The highest BCUT2D eigenvalue weighted by Gasteiger charge is 2.33. The second-order valence-electron chi connectivity index (χ2n) is 22.3. The summed E-state index contributed by atoms with van der Waals surface area (Å²) in [7, 11) is 0. The number of amides is 4. The van der Waals surface area contributed by atoms with Gasteiger partial charge in [0.2, 0.25) is 11.7 Å². The summed E-state index contributed by atoms with van der Waals surface area (Å²) in [6.07, 6.45) is 39.3. The smallest absolute Gasteiger partial charge is 0.261 e. The van der Waals surface area contributed by atoms with Gasteiger partial charge in [-0.25, -0.2) is 0 Å². The van der Waals surface area contributed by atoms with Gasteiger partial charge in [-0.1, -0.05) is 231 Å². The van der Waals surface area contributed by atoms with Crippen LogP contribution in [0.4, 0.5) is 0 Å². The number of nitrogens with zero attached hydrogens (tertiary/aromatic N) is 1. The summed E-state index contributed by atoms with van der Waals surface area (Å²) < 4.78 is 25.7. The molecule has 1 heterocycles. The molecule has 0 saturated carbocycles. The van der Waals surface area contributed by atoms with Crippen molar-refractivity contribution in [1.29, 1.82) is 0 Å². The minimum atomic E-state index is -0.324. The van der Waals surface area contributed by atoms with E-state index >= 15 is 0 Å². The van der Waals surface area contributed by atoms with Crippen LogP contribution in [0.25, 0.3) is 10.8 Å². The number of benzene rings is 4. The van der Waals surface area contributed by atoms with Crippen molar-refractivity contribution < 1.29 is 38.1 Å². The number of carbonyl (C=O) groups is 4. The monoisotopic (exact) mass is 1100 g/mol. The Kier molecular flexibility index (Phi) is 33.1. The predicted molar refractivity (Wildman–Crippen MR) is 328 cm³/mol. The zero-order valence-electron chi connectivity index (χ0n) is 49.9.